The van der Waals surface area contributed by atoms with Crippen LogP contribution in [0.5, 0.6) is 0 Å². The van der Waals surface area contributed by atoms with Crippen molar-refractivity contribution in [2.75, 3.05) is 6.54 Å². The molecule has 3 nitrogen and oxygen atoms in total. The number of rotatable bonds is 5. The lowest BCUT2D eigenvalue weighted by Gasteiger charge is -2.12. The second-order valence-corrected chi connectivity index (χ2v) is 4.50. The van der Waals surface area contributed by atoms with E-state index in [1.165, 1.54) is 5.56 Å². The molecule has 0 unspecified atom stereocenters. The SMILES string of the molecule is CCc1nc(C)c(CCNC(C)C)c(C)n1. The lowest BCUT2D eigenvalue weighted by molar-refractivity contribution is 0.587. The molecule has 0 aliphatic carbocycles. The van der Waals surface area contributed by atoms with Crippen LogP contribution in [0.4, 0.5) is 0 Å². The van der Waals surface area contributed by atoms with E-state index >= 15 is 0 Å². The zero-order valence-electron chi connectivity index (χ0n) is 11.1. The Kier molecular flexibility index (Phi) is 4.87. The van der Waals surface area contributed by atoms with E-state index in [2.05, 4.69) is 49.9 Å². The third-order valence-electron chi connectivity index (χ3n) is 2.71. The summed E-state index contributed by atoms with van der Waals surface area (Å²) < 4.78 is 0. The zero-order chi connectivity index (χ0) is 12.1. The van der Waals surface area contributed by atoms with Crippen molar-refractivity contribution < 1.29 is 0 Å². The predicted octanol–water partition coefficient (Wildman–Crippen LogP) is 2.20. The second-order valence-electron chi connectivity index (χ2n) is 4.50. The molecule has 1 N–H and O–H groups in total. The first-order chi connectivity index (χ1) is 7.54. The minimum atomic E-state index is 0.538. The van der Waals surface area contributed by atoms with Crippen molar-refractivity contribution in [1.29, 1.82) is 0 Å². The van der Waals surface area contributed by atoms with Gasteiger partial charge in [-0.15, -0.1) is 0 Å². The highest BCUT2D eigenvalue weighted by Crippen LogP contribution is 2.11. The third-order valence-corrected chi connectivity index (χ3v) is 2.71. The zero-order valence-corrected chi connectivity index (χ0v) is 11.1. The summed E-state index contributed by atoms with van der Waals surface area (Å²) in [6.45, 7) is 11.6. The van der Waals surface area contributed by atoms with Crippen LogP contribution >= 0.6 is 0 Å². The van der Waals surface area contributed by atoms with Crippen LogP contribution in [0.2, 0.25) is 0 Å². The summed E-state index contributed by atoms with van der Waals surface area (Å²) in [4.78, 5) is 9.02. The summed E-state index contributed by atoms with van der Waals surface area (Å²) in [5, 5.41) is 3.42. The molecule has 90 valence electrons. The fourth-order valence-electron chi connectivity index (χ4n) is 1.81. The number of hydrogen-bond acceptors (Lipinski definition) is 3. The molecule has 1 rings (SSSR count). The van der Waals surface area contributed by atoms with Crippen molar-refractivity contribution in [1.82, 2.24) is 15.3 Å². The second kappa shape index (κ2) is 5.94. The van der Waals surface area contributed by atoms with Crippen LogP contribution in [0.25, 0.3) is 0 Å². The molecule has 0 fully saturated rings. The van der Waals surface area contributed by atoms with E-state index in [1.807, 2.05) is 0 Å². The Hall–Kier alpha value is -0.960. The molecule has 0 aromatic carbocycles. The molecule has 0 amide bonds. The van der Waals surface area contributed by atoms with E-state index in [1.54, 1.807) is 0 Å². The number of hydrogen-bond donors (Lipinski definition) is 1. The fraction of sp³-hybridized carbons (Fsp3) is 0.692. The van der Waals surface area contributed by atoms with Crippen molar-refractivity contribution >= 4 is 0 Å². The molecule has 0 radical (unpaired) electrons. The number of aromatic nitrogens is 2. The molecule has 0 aliphatic rings. The van der Waals surface area contributed by atoms with Gasteiger partial charge in [0.15, 0.2) is 0 Å². The quantitative estimate of drug-likeness (QED) is 0.828. The van der Waals surface area contributed by atoms with Gasteiger partial charge in [-0.3, -0.25) is 0 Å². The average Bonchev–Trinajstić information content (AvgIpc) is 2.21. The van der Waals surface area contributed by atoms with Crippen LogP contribution < -0.4 is 5.32 Å². The number of nitrogens with zero attached hydrogens (tertiary/aromatic N) is 2. The Balaban J connectivity index is 2.72. The molecule has 1 aromatic rings. The minimum Gasteiger partial charge on any atom is -0.314 e. The Morgan fingerprint density at radius 1 is 1.12 bits per heavy atom. The summed E-state index contributed by atoms with van der Waals surface area (Å²) in [5.74, 6) is 0.954. The maximum Gasteiger partial charge on any atom is 0.128 e. The Labute approximate surface area is 98.7 Å². The minimum absolute atomic E-state index is 0.538. The smallest absolute Gasteiger partial charge is 0.128 e. The topological polar surface area (TPSA) is 37.8 Å². The van der Waals surface area contributed by atoms with Gasteiger partial charge < -0.3 is 5.32 Å². The van der Waals surface area contributed by atoms with Crippen molar-refractivity contribution in [2.24, 2.45) is 0 Å². The van der Waals surface area contributed by atoms with E-state index in [0.29, 0.717) is 6.04 Å². The van der Waals surface area contributed by atoms with E-state index in [-0.39, 0.29) is 0 Å². The van der Waals surface area contributed by atoms with Gasteiger partial charge in [0.2, 0.25) is 0 Å². The summed E-state index contributed by atoms with van der Waals surface area (Å²) >= 11 is 0. The lowest BCUT2D eigenvalue weighted by atomic mass is 10.1. The van der Waals surface area contributed by atoms with Gasteiger partial charge in [0.05, 0.1) is 0 Å². The predicted molar refractivity (Wildman–Crippen MR) is 67.7 cm³/mol. The first kappa shape index (κ1) is 13.1. The standard InChI is InChI=1S/C13H23N3/c1-6-13-15-10(4)12(11(5)16-13)7-8-14-9(2)3/h9,14H,6-8H2,1-5H3. The molecule has 0 bridgehead atoms. The van der Waals surface area contributed by atoms with Gasteiger partial charge in [0, 0.05) is 23.9 Å². The molecule has 1 aromatic heterocycles. The van der Waals surface area contributed by atoms with E-state index < -0.39 is 0 Å². The van der Waals surface area contributed by atoms with Gasteiger partial charge in [-0.1, -0.05) is 20.8 Å². The van der Waals surface area contributed by atoms with Gasteiger partial charge >= 0.3 is 0 Å². The molecule has 0 atom stereocenters. The van der Waals surface area contributed by atoms with Gasteiger partial charge in [-0.25, -0.2) is 9.97 Å². The van der Waals surface area contributed by atoms with Gasteiger partial charge in [-0.05, 0) is 32.4 Å². The maximum atomic E-state index is 4.51. The molecular formula is C13H23N3. The van der Waals surface area contributed by atoms with Crippen molar-refractivity contribution in [3.63, 3.8) is 0 Å². The molecular weight excluding hydrogens is 198 g/mol. The highest BCUT2D eigenvalue weighted by molar-refractivity contribution is 5.24. The van der Waals surface area contributed by atoms with Crippen LogP contribution in [-0.2, 0) is 12.8 Å². The highest BCUT2D eigenvalue weighted by Gasteiger charge is 2.07. The van der Waals surface area contributed by atoms with Crippen LogP contribution in [0.1, 0.15) is 43.5 Å². The van der Waals surface area contributed by atoms with Gasteiger partial charge in [0.1, 0.15) is 5.82 Å². The number of aryl methyl sites for hydroxylation is 3. The Morgan fingerprint density at radius 2 is 1.69 bits per heavy atom. The van der Waals surface area contributed by atoms with Crippen molar-refractivity contribution in [3.8, 4) is 0 Å². The van der Waals surface area contributed by atoms with Crippen LogP contribution in [0, 0.1) is 13.8 Å². The van der Waals surface area contributed by atoms with Gasteiger partial charge in [-0.2, -0.15) is 0 Å². The summed E-state index contributed by atoms with van der Waals surface area (Å²) in [6.07, 6.45) is 1.92. The van der Waals surface area contributed by atoms with E-state index in [4.69, 9.17) is 0 Å². The maximum absolute atomic E-state index is 4.51. The molecule has 16 heavy (non-hydrogen) atoms. The summed E-state index contributed by atoms with van der Waals surface area (Å²) in [6, 6.07) is 0.538. The average molecular weight is 221 g/mol. The van der Waals surface area contributed by atoms with Crippen molar-refractivity contribution in [3.05, 3.63) is 22.8 Å². The van der Waals surface area contributed by atoms with E-state index in [9.17, 15) is 0 Å². The normalized spacial score (nSPS) is 11.1. The summed E-state index contributed by atoms with van der Waals surface area (Å²) in [7, 11) is 0. The summed E-state index contributed by atoms with van der Waals surface area (Å²) in [5.41, 5.74) is 3.56. The highest BCUT2D eigenvalue weighted by atomic mass is 14.9. The van der Waals surface area contributed by atoms with Crippen LogP contribution in [-0.4, -0.2) is 22.6 Å². The molecule has 0 spiro atoms. The lowest BCUT2D eigenvalue weighted by Crippen LogP contribution is -2.25. The molecule has 3 heteroatoms. The first-order valence-corrected chi connectivity index (χ1v) is 6.11. The number of nitrogens with one attached hydrogen (secondary N) is 1. The fourth-order valence-corrected chi connectivity index (χ4v) is 1.81. The Bertz CT molecular complexity index is 322. The Morgan fingerprint density at radius 3 is 2.12 bits per heavy atom. The third kappa shape index (κ3) is 3.56. The van der Waals surface area contributed by atoms with Gasteiger partial charge in [0.25, 0.3) is 0 Å². The molecule has 0 saturated heterocycles. The molecule has 1 heterocycles. The van der Waals surface area contributed by atoms with Crippen LogP contribution in [0.15, 0.2) is 0 Å². The first-order valence-electron chi connectivity index (χ1n) is 6.11. The van der Waals surface area contributed by atoms with E-state index in [0.717, 1.165) is 36.6 Å². The molecule has 0 saturated carbocycles. The molecule has 0 aliphatic heterocycles. The largest absolute Gasteiger partial charge is 0.314 e. The van der Waals surface area contributed by atoms with Crippen molar-refractivity contribution in [2.45, 2.75) is 53.5 Å². The monoisotopic (exact) mass is 221 g/mol. The van der Waals surface area contributed by atoms with Crippen LogP contribution in [0.3, 0.4) is 0 Å².